The number of furan rings is 1. The lowest BCUT2D eigenvalue weighted by atomic mass is 9.96. The number of piperidine rings is 1. The van der Waals surface area contributed by atoms with Crippen LogP contribution in [0, 0.1) is 25.6 Å². The molecule has 1 saturated heterocycles. The number of rotatable bonds is 6. The fraction of sp³-hybridized carbons (Fsp3) is 0.346. The van der Waals surface area contributed by atoms with Gasteiger partial charge >= 0.3 is 11.8 Å². The molecule has 0 radical (unpaired) electrons. The van der Waals surface area contributed by atoms with Crippen LogP contribution in [0.2, 0.25) is 0 Å². The van der Waals surface area contributed by atoms with E-state index in [1.165, 1.54) is 6.07 Å². The molecular weight excluding hydrogens is 435 g/mol. The number of amides is 1. The van der Waals surface area contributed by atoms with E-state index in [1.54, 1.807) is 6.07 Å². The van der Waals surface area contributed by atoms with Crippen molar-refractivity contribution in [1.82, 2.24) is 20.4 Å². The van der Waals surface area contributed by atoms with Crippen molar-refractivity contribution in [3.8, 4) is 11.7 Å². The van der Waals surface area contributed by atoms with E-state index in [1.807, 2.05) is 44.2 Å². The summed E-state index contributed by atoms with van der Waals surface area (Å²) in [6.07, 6.45) is 1.86. The summed E-state index contributed by atoms with van der Waals surface area (Å²) in [4.78, 5) is 14.8. The van der Waals surface area contributed by atoms with Gasteiger partial charge in [0.25, 0.3) is 5.89 Å². The lowest BCUT2D eigenvalue weighted by Crippen LogP contribution is -2.38. The highest BCUT2D eigenvalue weighted by atomic mass is 19.1. The van der Waals surface area contributed by atoms with Crippen LogP contribution in [0.4, 0.5) is 4.39 Å². The van der Waals surface area contributed by atoms with Crippen LogP contribution >= 0.6 is 0 Å². The van der Waals surface area contributed by atoms with Gasteiger partial charge in [-0.05, 0) is 63.9 Å². The number of halogens is 1. The molecule has 1 aliphatic rings. The zero-order chi connectivity index (χ0) is 23.7. The number of nitrogens with one attached hydrogen (secondary N) is 1. The van der Waals surface area contributed by atoms with Crippen LogP contribution in [0.3, 0.4) is 0 Å². The molecule has 0 atom stereocenters. The first kappa shape index (κ1) is 22.3. The first-order valence-electron chi connectivity index (χ1n) is 11.6. The standard InChI is InChI=1S/C26H27FN4O3/c1-16-7-8-22-20(13-16)17(2)23(33-22)25-29-30-26(34-25)24(32)28-14-18-9-11-31(12-10-18)15-19-5-3-4-6-21(19)27/h3-8,13,18H,9-12,14-15H2,1-2H3,(H,28,32). The number of aromatic nitrogens is 2. The van der Waals surface area contributed by atoms with Crippen LogP contribution in [0.15, 0.2) is 51.3 Å². The molecule has 0 aliphatic carbocycles. The number of hydrogen-bond acceptors (Lipinski definition) is 6. The first-order valence-corrected chi connectivity index (χ1v) is 11.6. The van der Waals surface area contributed by atoms with Gasteiger partial charge < -0.3 is 14.2 Å². The van der Waals surface area contributed by atoms with Gasteiger partial charge in [-0.3, -0.25) is 9.69 Å². The molecule has 5 rings (SSSR count). The fourth-order valence-corrected chi connectivity index (χ4v) is 4.47. The lowest BCUT2D eigenvalue weighted by molar-refractivity contribution is 0.0901. The van der Waals surface area contributed by atoms with Gasteiger partial charge in [0.1, 0.15) is 11.4 Å². The van der Waals surface area contributed by atoms with Crippen LogP contribution < -0.4 is 5.32 Å². The zero-order valence-corrected chi connectivity index (χ0v) is 19.3. The molecule has 1 amide bonds. The maximum atomic E-state index is 13.9. The van der Waals surface area contributed by atoms with E-state index >= 15 is 0 Å². The highest BCUT2D eigenvalue weighted by molar-refractivity contribution is 5.90. The quantitative estimate of drug-likeness (QED) is 0.440. The monoisotopic (exact) mass is 462 g/mol. The molecule has 1 N–H and O–H groups in total. The highest BCUT2D eigenvalue weighted by Crippen LogP contribution is 2.32. The van der Waals surface area contributed by atoms with Gasteiger partial charge in [-0.2, -0.15) is 0 Å². The Morgan fingerprint density at radius 2 is 1.91 bits per heavy atom. The van der Waals surface area contributed by atoms with Gasteiger partial charge in [-0.25, -0.2) is 4.39 Å². The number of fused-ring (bicyclic) bond motifs is 1. The summed E-state index contributed by atoms with van der Waals surface area (Å²) in [5.41, 5.74) is 3.49. The normalized spacial score (nSPS) is 15.1. The predicted molar refractivity (Wildman–Crippen MR) is 126 cm³/mol. The Labute approximate surface area is 197 Å². The highest BCUT2D eigenvalue weighted by Gasteiger charge is 2.24. The van der Waals surface area contributed by atoms with Gasteiger partial charge in [0.2, 0.25) is 0 Å². The van der Waals surface area contributed by atoms with Crippen molar-refractivity contribution in [2.75, 3.05) is 19.6 Å². The molecule has 0 spiro atoms. The van der Waals surface area contributed by atoms with Crippen molar-refractivity contribution in [2.24, 2.45) is 5.92 Å². The maximum Gasteiger partial charge on any atom is 0.308 e. The molecule has 3 heterocycles. The van der Waals surface area contributed by atoms with Crippen molar-refractivity contribution in [1.29, 1.82) is 0 Å². The molecule has 0 unspecified atom stereocenters. The molecule has 0 saturated carbocycles. The maximum absolute atomic E-state index is 13.9. The zero-order valence-electron chi connectivity index (χ0n) is 19.3. The van der Waals surface area contributed by atoms with E-state index in [-0.39, 0.29) is 17.6 Å². The van der Waals surface area contributed by atoms with Crippen molar-refractivity contribution in [3.05, 3.63) is 70.9 Å². The average Bonchev–Trinajstić information content (AvgIpc) is 3.45. The number of benzene rings is 2. The minimum Gasteiger partial charge on any atom is -0.451 e. The van der Waals surface area contributed by atoms with Crippen LogP contribution in [0.5, 0.6) is 0 Å². The topological polar surface area (TPSA) is 84.4 Å². The summed E-state index contributed by atoms with van der Waals surface area (Å²) in [6.45, 7) is 6.83. The number of nitrogens with zero attached hydrogens (tertiary/aromatic N) is 3. The van der Waals surface area contributed by atoms with E-state index < -0.39 is 5.91 Å². The summed E-state index contributed by atoms with van der Waals surface area (Å²) in [5.74, 6) is 0.389. The molecule has 176 valence electrons. The number of likely N-dealkylation sites (tertiary alicyclic amines) is 1. The summed E-state index contributed by atoms with van der Waals surface area (Å²) >= 11 is 0. The molecule has 8 heteroatoms. The first-order chi connectivity index (χ1) is 16.5. The van der Waals surface area contributed by atoms with Crippen molar-refractivity contribution >= 4 is 16.9 Å². The molecule has 2 aromatic carbocycles. The number of hydrogen-bond donors (Lipinski definition) is 1. The summed E-state index contributed by atoms with van der Waals surface area (Å²) in [5, 5.41) is 11.8. The van der Waals surface area contributed by atoms with Gasteiger partial charge in [0.15, 0.2) is 5.76 Å². The molecule has 2 aromatic heterocycles. The van der Waals surface area contributed by atoms with E-state index in [9.17, 15) is 9.18 Å². The second-order valence-electron chi connectivity index (χ2n) is 8.99. The smallest absolute Gasteiger partial charge is 0.308 e. The van der Waals surface area contributed by atoms with Gasteiger partial charge in [0, 0.05) is 29.6 Å². The molecule has 1 fully saturated rings. The SMILES string of the molecule is Cc1ccc2oc(-c3nnc(C(=O)NCC4CCN(Cc5ccccc5F)CC4)o3)c(C)c2c1. The largest absolute Gasteiger partial charge is 0.451 e. The van der Waals surface area contributed by atoms with Crippen LogP contribution in [-0.4, -0.2) is 40.6 Å². The molecule has 0 bridgehead atoms. The molecule has 34 heavy (non-hydrogen) atoms. The number of carbonyl (C=O) groups excluding carboxylic acids is 1. The Hall–Kier alpha value is -3.52. The second kappa shape index (κ2) is 9.38. The van der Waals surface area contributed by atoms with Crippen molar-refractivity contribution in [2.45, 2.75) is 33.2 Å². The van der Waals surface area contributed by atoms with E-state index in [2.05, 4.69) is 20.4 Å². The predicted octanol–water partition coefficient (Wildman–Crippen LogP) is 4.88. The van der Waals surface area contributed by atoms with Crippen molar-refractivity contribution in [3.63, 3.8) is 0 Å². The third-order valence-corrected chi connectivity index (χ3v) is 6.52. The molecule has 4 aromatic rings. The van der Waals surface area contributed by atoms with Crippen LogP contribution in [-0.2, 0) is 6.54 Å². The Balaban J connectivity index is 1.15. The average molecular weight is 463 g/mol. The summed E-state index contributed by atoms with van der Waals surface area (Å²) < 4.78 is 25.4. The molecule has 7 nitrogen and oxygen atoms in total. The summed E-state index contributed by atoms with van der Waals surface area (Å²) in [6, 6.07) is 12.8. The molecular formula is C26H27FN4O3. The van der Waals surface area contributed by atoms with Gasteiger partial charge in [0.05, 0.1) is 0 Å². The van der Waals surface area contributed by atoms with E-state index in [0.29, 0.717) is 24.8 Å². The minimum absolute atomic E-state index is 0.0805. The minimum atomic E-state index is -0.392. The fourth-order valence-electron chi connectivity index (χ4n) is 4.47. The Kier molecular flexibility index (Phi) is 6.15. The van der Waals surface area contributed by atoms with Crippen molar-refractivity contribution < 1.29 is 18.0 Å². The Bertz CT molecular complexity index is 1320. The lowest BCUT2D eigenvalue weighted by Gasteiger charge is -2.32. The van der Waals surface area contributed by atoms with Crippen LogP contribution in [0.1, 0.15) is 40.2 Å². The third-order valence-electron chi connectivity index (χ3n) is 6.52. The molecule has 1 aliphatic heterocycles. The van der Waals surface area contributed by atoms with Gasteiger partial charge in [-0.15, -0.1) is 10.2 Å². The number of aryl methyl sites for hydroxylation is 2. The van der Waals surface area contributed by atoms with Gasteiger partial charge in [-0.1, -0.05) is 29.8 Å². The third kappa shape index (κ3) is 4.59. The van der Waals surface area contributed by atoms with Crippen LogP contribution in [0.25, 0.3) is 22.6 Å². The Morgan fingerprint density at radius 3 is 2.71 bits per heavy atom. The number of carbonyl (C=O) groups is 1. The second-order valence-corrected chi connectivity index (χ2v) is 8.99. The van der Waals surface area contributed by atoms with E-state index in [4.69, 9.17) is 8.83 Å². The van der Waals surface area contributed by atoms with E-state index in [0.717, 1.165) is 53.6 Å². The Morgan fingerprint density at radius 1 is 1.12 bits per heavy atom. The summed E-state index contributed by atoms with van der Waals surface area (Å²) in [7, 11) is 0.